The molecule has 6 atom stereocenters. The Morgan fingerprint density at radius 2 is 1.47 bits per heavy atom. The summed E-state index contributed by atoms with van der Waals surface area (Å²) in [6.45, 7) is 1.93. The SMILES string of the molecule is C[C@@H]1NC(=O)CC[C@@H](C(N)=O)NC(=O)[C@H](CCCN=C(N)N)NC(=O)[C@H](Cc2c[nH]c3ccccc23)NC(=O)[C@@H](CC2CCCCC2)NC(=O)[C@@H]2CCCN2C1=O. The molecule has 0 spiro atoms. The van der Waals surface area contributed by atoms with E-state index in [4.69, 9.17) is 17.2 Å². The summed E-state index contributed by atoms with van der Waals surface area (Å²) in [5.74, 6) is -4.48. The number of hydrogen-bond acceptors (Lipinski definition) is 8. The first kappa shape index (κ1) is 42.5. The molecule has 7 amide bonds. The fourth-order valence-electron chi connectivity index (χ4n) is 8.06. The van der Waals surface area contributed by atoms with Crippen molar-refractivity contribution in [2.24, 2.45) is 28.1 Å². The van der Waals surface area contributed by atoms with Crippen molar-refractivity contribution < 1.29 is 33.6 Å². The van der Waals surface area contributed by atoms with Gasteiger partial charge in [0.25, 0.3) is 0 Å². The molecule has 1 aromatic heterocycles. The van der Waals surface area contributed by atoms with Crippen LogP contribution in [-0.4, -0.2) is 107 Å². The molecule has 1 aliphatic carbocycles. The van der Waals surface area contributed by atoms with Crippen molar-refractivity contribution in [3.8, 4) is 0 Å². The molecule has 3 fully saturated rings. The highest BCUT2D eigenvalue weighted by Gasteiger charge is 2.39. The van der Waals surface area contributed by atoms with E-state index in [2.05, 4.69) is 36.6 Å². The molecule has 18 nitrogen and oxygen atoms in total. The summed E-state index contributed by atoms with van der Waals surface area (Å²) < 4.78 is 0. The van der Waals surface area contributed by atoms with Gasteiger partial charge in [-0.3, -0.25) is 38.6 Å². The minimum atomic E-state index is -1.30. The smallest absolute Gasteiger partial charge is 0.245 e. The van der Waals surface area contributed by atoms with Crippen molar-refractivity contribution in [2.45, 2.75) is 127 Å². The number of nitrogens with two attached hydrogens (primary N) is 3. The maximum Gasteiger partial charge on any atom is 0.245 e. The van der Waals surface area contributed by atoms with E-state index in [-0.39, 0.29) is 57.1 Å². The van der Waals surface area contributed by atoms with E-state index in [0.29, 0.717) is 19.3 Å². The van der Waals surface area contributed by atoms with Crippen LogP contribution in [0.3, 0.4) is 0 Å². The number of primary amides is 1. The number of carbonyl (C=O) groups is 7. The van der Waals surface area contributed by atoms with Gasteiger partial charge >= 0.3 is 0 Å². The van der Waals surface area contributed by atoms with Crippen LogP contribution in [0.5, 0.6) is 0 Å². The summed E-state index contributed by atoms with van der Waals surface area (Å²) in [7, 11) is 0. The molecule has 5 rings (SSSR count). The second-order valence-corrected chi connectivity index (χ2v) is 15.4. The van der Waals surface area contributed by atoms with Gasteiger partial charge in [-0.05, 0) is 63.0 Å². The zero-order chi connectivity index (χ0) is 41.1. The molecule has 3 heterocycles. The maximum atomic E-state index is 14.4. The lowest BCUT2D eigenvalue weighted by atomic mass is 9.84. The summed E-state index contributed by atoms with van der Waals surface area (Å²) in [6.07, 6.45) is 7.68. The number of fused-ring (bicyclic) bond motifs is 2. The highest BCUT2D eigenvalue weighted by molar-refractivity contribution is 5.98. The maximum absolute atomic E-state index is 14.4. The van der Waals surface area contributed by atoms with E-state index in [0.717, 1.165) is 48.6 Å². The fourth-order valence-corrected chi connectivity index (χ4v) is 8.06. The Morgan fingerprint density at radius 1 is 0.789 bits per heavy atom. The van der Waals surface area contributed by atoms with Gasteiger partial charge in [-0.1, -0.05) is 50.3 Å². The number of nitrogens with one attached hydrogen (secondary N) is 6. The molecule has 0 radical (unpaired) electrons. The van der Waals surface area contributed by atoms with E-state index < -0.39 is 77.6 Å². The lowest BCUT2D eigenvalue weighted by Gasteiger charge is -2.31. The Labute approximate surface area is 331 Å². The van der Waals surface area contributed by atoms with Crippen molar-refractivity contribution in [1.29, 1.82) is 0 Å². The first-order valence-electron chi connectivity index (χ1n) is 20.0. The summed E-state index contributed by atoms with van der Waals surface area (Å²) in [4.78, 5) is 104. The standard InChI is InChI=1S/C39H57N11O7/c1-22-38(57)50-18-8-14-31(50)37(56)49-29(19-23-9-3-2-4-10-23)35(54)48-30(20-24-21-44-26-12-6-5-11-25(24)26)36(55)47-28(13-7-17-43-39(41)42)34(53)46-27(33(40)52)15-16-32(51)45-22/h5-6,11-12,21-23,27-31,44H,2-4,7-10,13-20H2,1H3,(H2,40,52)(H,45,51)(H,46,53)(H,47,55)(H,48,54)(H,49,56)(H4,41,42,43)/t22-,27-,28-,29+,30-,31-/m0/s1. The predicted molar refractivity (Wildman–Crippen MR) is 212 cm³/mol. The molecule has 1 saturated carbocycles. The lowest BCUT2D eigenvalue weighted by Crippen LogP contribution is -2.60. The average molecular weight is 792 g/mol. The van der Waals surface area contributed by atoms with Crippen molar-refractivity contribution in [2.75, 3.05) is 13.1 Å². The Balaban J connectivity index is 1.51. The van der Waals surface area contributed by atoms with Gasteiger partial charge in [-0.25, -0.2) is 0 Å². The first-order valence-corrected chi connectivity index (χ1v) is 20.0. The third-order valence-electron chi connectivity index (χ3n) is 11.1. The van der Waals surface area contributed by atoms with Crippen LogP contribution >= 0.6 is 0 Å². The largest absolute Gasteiger partial charge is 0.370 e. The average Bonchev–Trinajstić information content (AvgIpc) is 3.84. The number of H-pyrrole nitrogens is 1. The van der Waals surface area contributed by atoms with Crippen molar-refractivity contribution in [3.05, 3.63) is 36.0 Å². The monoisotopic (exact) mass is 791 g/mol. The van der Waals surface area contributed by atoms with Gasteiger partial charge in [0.2, 0.25) is 41.4 Å². The van der Waals surface area contributed by atoms with E-state index in [9.17, 15) is 33.6 Å². The molecule has 2 aliphatic heterocycles. The number of hydrogen-bond donors (Lipinski definition) is 9. The van der Waals surface area contributed by atoms with Gasteiger partial charge in [-0.2, -0.15) is 0 Å². The number of aliphatic imine (C=N–C) groups is 1. The van der Waals surface area contributed by atoms with Gasteiger partial charge in [0.1, 0.15) is 36.3 Å². The number of aromatic nitrogens is 1. The molecular weight excluding hydrogens is 734 g/mol. The highest BCUT2D eigenvalue weighted by atomic mass is 16.2. The van der Waals surface area contributed by atoms with Gasteiger partial charge in [0, 0.05) is 43.0 Å². The molecular formula is C39H57N11O7. The molecule has 2 saturated heterocycles. The topological polar surface area (TPSA) is 289 Å². The molecule has 3 aliphatic rings. The van der Waals surface area contributed by atoms with E-state index in [1.54, 1.807) is 6.20 Å². The van der Waals surface area contributed by atoms with Gasteiger partial charge in [0.05, 0.1) is 0 Å². The van der Waals surface area contributed by atoms with Gasteiger partial charge < -0.3 is 53.7 Å². The number of nitrogens with zero attached hydrogens (tertiary/aromatic N) is 2. The number of aromatic amines is 1. The van der Waals surface area contributed by atoms with Gasteiger partial charge in [0.15, 0.2) is 5.96 Å². The van der Waals surface area contributed by atoms with Crippen molar-refractivity contribution in [3.63, 3.8) is 0 Å². The molecule has 57 heavy (non-hydrogen) atoms. The minimum Gasteiger partial charge on any atom is -0.370 e. The number of para-hydroxylation sites is 1. The molecule has 1 aromatic carbocycles. The number of carbonyl (C=O) groups excluding carboxylic acids is 7. The zero-order valence-electron chi connectivity index (χ0n) is 32.5. The zero-order valence-corrected chi connectivity index (χ0v) is 32.5. The lowest BCUT2D eigenvalue weighted by molar-refractivity contribution is -0.142. The van der Waals surface area contributed by atoms with E-state index in [1.165, 1.54) is 11.8 Å². The third-order valence-corrected chi connectivity index (χ3v) is 11.1. The van der Waals surface area contributed by atoms with Gasteiger partial charge in [-0.15, -0.1) is 0 Å². The van der Waals surface area contributed by atoms with Crippen LogP contribution in [0.15, 0.2) is 35.5 Å². The Hall–Kier alpha value is -5.68. The summed E-state index contributed by atoms with van der Waals surface area (Å²) in [5.41, 5.74) is 18.2. The van der Waals surface area contributed by atoms with Crippen LogP contribution in [0.2, 0.25) is 0 Å². The summed E-state index contributed by atoms with van der Waals surface area (Å²) >= 11 is 0. The van der Waals surface area contributed by atoms with Crippen LogP contribution in [0.1, 0.15) is 89.5 Å². The Kier molecular flexibility index (Phi) is 14.9. The predicted octanol–water partition coefficient (Wildman–Crippen LogP) is -0.552. The van der Waals surface area contributed by atoms with Crippen molar-refractivity contribution in [1.82, 2.24) is 36.5 Å². The first-order chi connectivity index (χ1) is 27.3. The van der Waals surface area contributed by atoms with E-state index in [1.807, 2.05) is 24.3 Å². The number of amides is 7. The summed E-state index contributed by atoms with van der Waals surface area (Å²) in [5, 5.41) is 14.7. The van der Waals surface area contributed by atoms with Crippen LogP contribution in [-0.2, 0) is 40.0 Å². The molecule has 310 valence electrons. The molecule has 12 N–H and O–H groups in total. The number of rotatable bonds is 9. The van der Waals surface area contributed by atoms with Crippen molar-refractivity contribution >= 4 is 58.2 Å². The molecule has 0 unspecified atom stereocenters. The normalized spacial score (nSPS) is 26.4. The van der Waals surface area contributed by atoms with Crippen LogP contribution < -0.4 is 43.8 Å². The van der Waals surface area contributed by atoms with Crippen LogP contribution in [0, 0.1) is 5.92 Å². The van der Waals surface area contributed by atoms with Crippen LogP contribution in [0.4, 0.5) is 0 Å². The highest BCUT2D eigenvalue weighted by Crippen LogP contribution is 2.28. The third kappa shape index (κ3) is 11.7. The Morgan fingerprint density at radius 3 is 2.21 bits per heavy atom. The number of benzene rings is 1. The second-order valence-electron chi connectivity index (χ2n) is 15.4. The second kappa shape index (κ2) is 20.0. The number of guanidine groups is 1. The molecule has 18 heteroatoms. The molecule has 2 aromatic rings. The molecule has 0 bridgehead atoms. The quantitative estimate of drug-likeness (QED) is 0.0893. The minimum absolute atomic E-state index is 0.0236. The Bertz CT molecular complexity index is 1820. The van der Waals surface area contributed by atoms with E-state index >= 15 is 0 Å². The fraction of sp³-hybridized carbons (Fsp3) is 0.590. The van der Waals surface area contributed by atoms with Crippen LogP contribution in [0.25, 0.3) is 10.9 Å². The summed E-state index contributed by atoms with van der Waals surface area (Å²) in [6, 6.07) is 0.829.